The fraction of sp³-hybridized carbons (Fsp3) is 0.136. The molecule has 3 heterocycles. The van der Waals surface area contributed by atoms with E-state index in [2.05, 4.69) is 40.2 Å². The summed E-state index contributed by atoms with van der Waals surface area (Å²) in [4.78, 5) is 17.7. The molecule has 0 saturated heterocycles. The molecular formula is C22H20N8O2S. The quantitative estimate of drug-likeness (QED) is 0.350. The van der Waals surface area contributed by atoms with Gasteiger partial charge in [-0.2, -0.15) is 5.10 Å². The number of hydrogen-bond acceptors (Lipinski definition) is 8. The molecule has 10 nitrogen and oxygen atoms in total. The summed E-state index contributed by atoms with van der Waals surface area (Å²) in [5, 5.41) is 11.9. The lowest BCUT2D eigenvalue weighted by molar-refractivity contribution is 0.607. The number of anilines is 2. The minimum atomic E-state index is -3.34. The van der Waals surface area contributed by atoms with Crippen molar-refractivity contribution in [3.05, 3.63) is 66.7 Å². The van der Waals surface area contributed by atoms with Crippen LogP contribution >= 0.6 is 0 Å². The maximum absolute atomic E-state index is 11.5. The van der Waals surface area contributed by atoms with Crippen LogP contribution in [0, 0.1) is 0 Å². The van der Waals surface area contributed by atoms with Gasteiger partial charge in [0.1, 0.15) is 6.33 Å². The smallest absolute Gasteiger partial charge is 0.229 e. The van der Waals surface area contributed by atoms with Crippen molar-refractivity contribution < 1.29 is 8.42 Å². The van der Waals surface area contributed by atoms with Crippen molar-refractivity contribution in [2.75, 3.05) is 16.3 Å². The van der Waals surface area contributed by atoms with Gasteiger partial charge in [-0.05, 0) is 36.8 Å². The lowest BCUT2D eigenvalue weighted by atomic mass is 10.1. The lowest BCUT2D eigenvalue weighted by Gasteiger charge is -2.16. The predicted molar refractivity (Wildman–Crippen MR) is 127 cm³/mol. The van der Waals surface area contributed by atoms with Crippen molar-refractivity contribution in [3.8, 4) is 11.3 Å². The first-order valence-corrected chi connectivity index (χ1v) is 12.0. The number of benzene rings is 2. The largest absolute Gasteiger partial charge is 0.348 e. The summed E-state index contributed by atoms with van der Waals surface area (Å²) in [6.45, 7) is 1.96. The number of aromatic nitrogens is 6. The number of nitrogens with zero attached hydrogens (tertiary/aromatic N) is 5. The van der Waals surface area contributed by atoms with E-state index in [9.17, 15) is 8.42 Å². The molecule has 0 fully saturated rings. The zero-order chi connectivity index (χ0) is 23.0. The molecule has 2 aromatic carbocycles. The van der Waals surface area contributed by atoms with Crippen LogP contribution in [0.1, 0.15) is 18.5 Å². The maximum Gasteiger partial charge on any atom is 0.229 e. The molecule has 0 radical (unpaired) electrons. The summed E-state index contributed by atoms with van der Waals surface area (Å²) in [5.74, 6) is 0.475. The van der Waals surface area contributed by atoms with Crippen molar-refractivity contribution in [2.24, 2.45) is 0 Å². The Morgan fingerprint density at radius 1 is 1.03 bits per heavy atom. The Kier molecular flexibility index (Phi) is 5.09. The topological polar surface area (TPSA) is 138 Å². The second-order valence-electron chi connectivity index (χ2n) is 7.69. The SMILES string of the molecule is CC(Nc1ncc2cc(-c3ncnc4[nH]ncc34)ccc2n1)c1cccc(NS(C)(=O)=O)c1. The summed E-state index contributed by atoms with van der Waals surface area (Å²) in [6, 6.07) is 12.9. The maximum atomic E-state index is 11.5. The van der Waals surface area contributed by atoms with Crippen molar-refractivity contribution >= 4 is 43.6 Å². The van der Waals surface area contributed by atoms with Crippen molar-refractivity contribution in [2.45, 2.75) is 13.0 Å². The van der Waals surface area contributed by atoms with E-state index in [0.717, 1.165) is 39.4 Å². The summed E-state index contributed by atoms with van der Waals surface area (Å²) in [6.07, 6.45) is 6.10. The third-order valence-corrected chi connectivity index (χ3v) is 5.74. The molecule has 0 bridgehead atoms. The highest BCUT2D eigenvalue weighted by Gasteiger charge is 2.12. The van der Waals surface area contributed by atoms with Gasteiger partial charge < -0.3 is 5.32 Å². The Hall–Kier alpha value is -4.12. The van der Waals surface area contributed by atoms with E-state index >= 15 is 0 Å². The normalized spacial score (nSPS) is 12.7. The number of aromatic amines is 1. The van der Waals surface area contributed by atoms with Gasteiger partial charge in [0.15, 0.2) is 5.65 Å². The molecule has 33 heavy (non-hydrogen) atoms. The minimum Gasteiger partial charge on any atom is -0.348 e. The lowest BCUT2D eigenvalue weighted by Crippen LogP contribution is -2.12. The molecule has 5 rings (SSSR count). The van der Waals surface area contributed by atoms with Gasteiger partial charge in [-0.15, -0.1) is 0 Å². The van der Waals surface area contributed by atoms with Crippen molar-refractivity contribution in [1.29, 1.82) is 0 Å². The number of nitrogens with one attached hydrogen (secondary N) is 3. The monoisotopic (exact) mass is 460 g/mol. The van der Waals surface area contributed by atoms with Crippen molar-refractivity contribution in [3.63, 3.8) is 0 Å². The Morgan fingerprint density at radius 3 is 2.76 bits per heavy atom. The van der Waals surface area contributed by atoms with Gasteiger partial charge in [-0.25, -0.2) is 28.4 Å². The van der Waals surface area contributed by atoms with Crippen LogP contribution in [0.4, 0.5) is 11.6 Å². The van der Waals surface area contributed by atoms with Gasteiger partial charge in [0.05, 0.1) is 35.1 Å². The number of sulfonamides is 1. The Labute approximate surface area is 189 Å². The summed E-state index contributed by atoms with van der Waals surface area (Å²) < 4.78 is 25.5. The molecule has 11 heteroatoms. The van der Waals surface area contributed by atoms with Crippen LogP contribution in [-0.4, -0.2) is 44.8 Å². The molecule has 0 saturated carbocycles. The van der Waals surface area contributed by atoms with E-state index < -0.39 is 10.0 Å². The van der Waals surface area contributed by atoms with E-state index in [4.69, 9.17) is 0 Å². The summed E-state index contributed by atoms with van der Waals surface area (Å²) in [5.41, 5.74) is 4.58. The first-order chi connectivity index (χ1) is 15.9. The highest BCUT2D eigenvalue weighted by molar-refractivity contribution is 7.92. The molecule has 3 aromatic heterocycles. The summed E-state index contributed by atoms with van der Waals surface area (Å²) >= 11 is 0. The van der Waals surface area contributed by atoms with E-state index in [0.29, 0.717) is 17.3 Å². The number of hydrogen-bond donors (Lipinski definition) is 3. The van der Waals surface area contributed by atoms with Gasteiger partial charge in [0.25, 0.3) is 0 Å². The first kappa shape index (κ1) is 20.8. The second kappa shape index (κ2) is 8.10. The van der Waals surface area contributed by atoms with Gasteiger partial charge in [0, 0.05) is 22.8 Å². The Bertz CT molecular complexity index is 1580. The van der Waals surface area contributed by atoms with Gasteiger partial charge in [-0.3, -0.25) is 9.82 Å². The number of H-pyrrole nitrogens is 1. The van der Waals surface area contributed by atoms with Crippen LogP contribution in [-0.2, 0) is 10.0 Å². The molecule has 0 aliphatic heterocycles. The average Bonchev–Trinajstić information content (AvgIpc) is 3.27. The molecule has 3 N–H and O–H groups in total. The predicted octanol–water partition coefficient (Wildman–Crippen LogP) is 3.51. The van der Waals surface area contributed by atoms with E-state index in [-0.39, 0.29) is 6.04 Å². The average molecular weight is 461 g/mol. The zero-order valence-corrected chi connectivity index (χ0v) is 18.6. The molecule has 0 aliphatic carbocycles. The van der Waals surface area contributed by atoms with Crippen LogP contribution in [0.2, 0.25) is 0 Å². The third-order valence-electron chi connectivity index (χ3n) is 5.14. The van der Waals surface area contributed by atoms with Crippen LogP contribution in [0.15, 0.2) is 61.2 Å². The molecular weight excluding hydrogens is 440 g/mol. The first-order valence-electron chi connectivity index (χ1n) is 10.1. The Balaban J connectivity index is 1.40. The van der Waals surface area contributed by atoms with Gasteiger partial charge in [-0.1, -0.05) is 18.2 Å². The highest BCUT2D eigenvalue weighted by atomic mass is 32.2. The number of fused-ring (bicyclic) bond motifs is 2. The number of rotatable bonds is 6. The summed E-state index contributed by atoms with van der Waals surface area (Å²) in [7, 11) is -3.34. The molecule has 0 spiro atoms. The zero-order valence-electron chi connectivity index (χ0n) is 17.8. The molecule has 166 valence electrons. The van der Waals surface area contributed by atoms with Crippen LogP contribution in [0.3, 0.4) is 0 Å². The molecule has 1 atom stereocenters. The fourth-order valence-electron chi connectivity index (χ4n) is 3.61. The fourth-order valence-corrected chi connectivity index (χ4v) is 4.16. The van der Waals surface area contributed by atoms with Crippen molar-refractivity contribution in [1.82, 2.24) is 30.1 Å². The molecule has 5 aromatic rings. The molecule has 1 unspecified atom stereocenters. The highest BCUT2D eigenvalue weighted by Crippen LogP contribution is 2.27. The van der Waals surface area contributed by atoms with Crippen LogP contribution < -0.4 is 10.0 Å². The Morgan fingerprint density at radius 2 is 1.91 bits per heavy atom. The minimum absolute atomic E-state index is 0.140. The standard InChI is InChI=1S/C22H20N8O2S/c1-13(14-4-3-5-17(9-14)30-33(2,31)32)27-22-23-10-16-8-15(6-7-19(16)28-22)20-18-11-26-29-21(18)25-12-24-20/h3-13,30H,1-2H3,(H,23,27,28)(H,24,25,26,29). The van der Waals surface area contributed by atoms with Gasteiger partial charge in [0.2, 0.25) is 16.0 Å². The third kappa shape index (κ3) is 4.44. The molecule has 0 aliphatic rings. The van der Waals surface area contributed by atoms with Crippen LogP contribution in [0.25, 0.3) is 33.2 Å². The van der Waals surface area contributed by atoms with E-state index in [1.807, 2.05) is 31.2 Å². The van der Waals surface area contributed by atoms with Crippen LogP contribution in [0.5, 0.6) is 0 Å². The van der Waals surface area contributed by atoms with Gasteiger partial charge >= 0.3 is 0 Å². The van der Waals surface area contributed by atoms with E-state index in [1.54, 1.807) is 30.6 Å². The molecule has 0 amide bonds. The van der Waals surface area contributed by atoms with E-state index in [1.165, 1.54) is 6.33 Å². The second-order valence-corrected chi connectivity index (χ2v) is 9.44.